The Labute approximate surface area is 149 Å². The lowest BCUT2D eigenvalue weighted by Gasteiger charge is -2.19. The summed E-state index contributed by atoms with van der Waals surface area (Å²) in [5.74, 6) is 0.803. The lowest BCUT2D eigenvalue weighted by atomic mass is 9.85. The maximum absolute atomic E-state index is 4.78. The van der Waals surface area contributed by atoms with Crippen LogP contribution in [-0.2, 0) is 20.5 Å². The van der Waals surface area contributed by atoms with Crippen molar-refractivity contribution in [2.24, 2.45) is 14.1 Å². The minimum atomic E-state index is 0.642. The molecular weight excluding hydrogens is 310 g/mol. The van der Waals surface area contributed by atoms with Gasteiger partial charge in [0, 0.05) is 25.4 Å². The van der Waals surface area contributed by atoms with Gasteiger partial charge in [0.15, 0.2) is 5.82 Å². The van der Waals surface area contributed by atoms with Crippen LogP contribution in [0.5, 0.6) is 0 Å². The first-order chi connectivity index (χ1) is 11.7. The summed E-state index contributed by atoms with van der Waals surface area (Å²) in [4.78, 5) is 4.38. The van der Waals surface area contributed by atoms with Gasteiger partial charge in [-0.25, -0.2) is 4.98 Å². The second kappa shape index (κ2) is 6.14. The summed E-state index contributed by atoms with van der Waals surface area (Å²) in [7, 11) is 3.90. The zero-order valence-corrected chi connectivity index (χ0v) is 16.5. The average molecular weight is 337 g/mol. The van der Waals surface area contributed by atoms with Gasteiger partial charge < -0.3 is 0 Å². The van der Waals surface area contributed by atoms with E-state index < -0.39 is 0 Å². The van der Waals surface area contributed by atoms with Crippen molar-refractivity contribution in [1.29, 1.82) is 0 Å². The first kappa shape index (κ1) is 17.4. The Hall–Kier alpha value is -2.43. The summed E-state index contributed by atoms with van der Waals surface area (Å²) in [6, 6.07) is 0. The smallest absolute Gasteiger partial charge is 0.156 e. The summed E-state index contributed by atoms with van der Waals surface area (Å²) in [6.45, 7) is 13.2. The topological polar surface area (TPSA) is 48.5 Å². The monoisotopic (exact) mass is 337 g/mol. The first-order valence-corrected chi connectivity index (χ1v) is 8.66. The molecule has 0 saturated heterocycles. The SMILES string of the molecule is Cc1c(C)c(C)c(-c2c(Cc3ncn(C)n3)nn(C)c2C)c(C)c1C. The third kappa shape index (κ3) is 2.77. The fraction of sp³-hybridized carbons (Fsp3) is 0.450. The van der Waals surface area contributed by atoms with Crippen molar-refractivity contribution >= 4 is 0 Å². The zero-order chi connectivity index (χ0) is 18.5. The van der Waals surface area contributed by atoms with Crippen LogP contribution in [0.2, 0.25) is 0 Å². The Balaban J connectivity index is 2.25. The number of hydrogen-bond donors (Lipinski definition) is 0. The van der Waals surface area contributed by atoms with Crippen LogP contribution in [0.4, 0.5) is 0 Å². The lowest BCUT2D eigenvalue weighted by Crippen LogP contribution is -2.02. The minimum absolute atomic E-state index is 0.642. The molecule has 25 heavy (non-hydrogen) atoms. The molecule has 3 aromatic rings. The largest absolute Gasteiger partial charge is 0.272 e. The Kier molecular flexibility index (Phi) is 4.27. The highest BCUT2D eigenvalue weighted by Gasteiger charge is 2.22. The summed E-state index contributed by atoms with van der Waals surface area (Å²) < 4.78 is 3.71. The van der Waals surface area contributed by atoms with Crippen LogP contribution in [0.3, 0.4) is 0 Å². The Morgan fingerprint density at radius 2 is 1.32 bits per heavy atom. The standard InChI is InChI=1S/C20H27N5/c1-11-12(2)14(4)19(15(5)13(11)3)20-16(6)25(8)22-17(20)9-18-21-10-24(7)23-18/h10H,9H2,1-8H3. The highest BCUT2D eigenvalue weighted by molar-refractivity contribution is 5.78. The fourth-order valence-electron chi connectivity index (χ4n) is 3.62. The lowest BCUT2D eigenvalue weighted by molar-refractivity contribution is 0.715. The van der Waals surface area contributed by atoms with Gasteiger partial charge in [0.05, 0.1) is 12.1 Å². The number of benzene rings is 1. The van der Waals surface area contributed by atoms with E-state index in [2.05, 4.69) is 51.6 Å². The van der Waals surface area contributed by atoms with E-state index in [1.54, 1.807) is 11.0 Å². The molecule has 5 nitrogen and oxygen atoms in total. The second-order valence-corrected chi connectivity index (χ2v) is 7.04. The average Bonchev–Trinajstić information content (AvgIpc) is 3.09. The van der Waals surface area contributed by atoms with Crippen LogP contribution in [0.1, 0.15) is 45.0 Å². The maximum atomic E-state index is 4.78. The summed E-state index contributed by atoms with van der Waals surface area (Å²) >= 11 is 0. The van der Waals surface area contributed by atoms with E-state index in [1.807, 2.05) is 18.8 Å². The van der Waals surface area contributed by atoms with Gasteiger partial charge in [-0.1, -0.05) is 0 Å². The van der Waals surface area contributed by atoms with E-state index in [0.717, 1.165) is 11.5 Å². The molecule has 0 fully saturated rings. The van der Waals surface area contributed by atoms with Gasteiger partial charge >= 0.3 is 0 Å². The van der Waals surface area contributed by atoms with Crippen molar-refractivity contribution in [3.8, 4) is 11.1 Å². The fourth-order valence-corrected chi connectivity index (χ4v) is 3.62. The quantitative estimate of drug-likeness (QED) is 0.733. The summed E-state index contributed by atoms with van der Waals surface area (Å²) in [5, 5.41) is 9.21. The molecule has 0 saturated carbocycles. The highest BCUT2D eigenvalue weighted by Crippen LogP contribution is 2.37. The number of aryl methyl sites for hydroxylation is 2. The Bertz CT molecular complexity index is 930. The van der Waals surface area contributed by atoms with Gasteiger partial charge in [-0.3, -0.25) is 9.36 Å². The van der Waals surface area contributed by atoms with Gasteiger partial charge in [-0.15, -0.1) is 0 Å². The van der Waals surface area contributed by atoms with Crippen LogP contribution in [0.25, 0.3) is 11.1 Å². The highest BCUT2D eigenvalue weighted by atomic mass is 15.3. The number of nitrogens with zero attached hydrogens (tertiary/aromatic N) is 5. The van der Waals surface area contributed by atoms with E-state index in [4.69, 9.17) is 5.10 Å². The predicted molar refractivity (Wildman–Crippen MR) is 101 cm³/mol. The normalized spacial score (nSPS) is 11.4. The molecule has 0 amide bonds. The molecule has 2 aromatic heterocycles. The van der Waals surface area contributed by atoms with Gasteiger partial charge in [-0.2, -0.15) is 10.2 Å². The van der Waals surface area contributed by atoms with E-state index >= 15 is 0 Å². The number of hydrogen-bond acceptors (Lipinski definition) is 3. The van der Waals surface area contributed by atoms with Crippen LogP contribution in [0, 0.1) is 41.5 Å². The van der Waals surface area contributed by atoms with Crippen molar-refractivity contribution in [1.82, 2.24) is 24.5 Å². The third-order valence-corrected chi connectivity index (χ3v) is 5.63. The summed E-state index contributed by atoms with van der Waals surface area (Å²) in [6.07, 6.45) is 2.38. The van der Waals surface area contributed by atoms with Gasteiger partial charge in [-0.05, 0) is 74.9 Å². The molecule has 0 radical (unpaired) electrons. The summed E-state index contributed by atoms with van der Waals surface area (Å²) in [5.41, 5.74) is 11.6. The molecule has 1 aromatic carbocycles. The first-order valence-electron chi connectivity index (χ1n) is 8.66. The second-order valence-electron chi connectivity index (χ2n) is 7.04. The van der Waals surface area contributed by atoms with E-state index in [-0.39, 0.29) is 0 Å². The molecule has 0 atom stereocenters. The van der Waals surface area contributed by atoms with Gasteiger partial charge in [0.2, 0.25) is 0 Å². The van der Waals surface area contributed by atoms with Crippen LogP contribution in [-0.4, -0.2) is 24.5 Å². The number of aromatic nitrogens is 5. The predicted octanol–water partition coefficient (Wildman–Crippen LogP) is 3.66. The third-order valence-electron chi connectivity index (χ3n) is 5.63. The van der Waals surface area contributed by atoms with Crippen molar-refractivity contribution in [2.75, 3.05) is 0 Å². The van der Waals surface area contributed by atoms with Crippen LogP contribution >= 0.6 is 0 Å². The Morgan fingerprint density at radius 1 is 0.760 bits per heavy atom. The molecule has 5 heteroatoms. The molecule has 0 aliphatic carbocycles. The van der Waals surface area contributed by atoms with Gasteiger partial charge in [0.25, 0.3) is 0 Å². The molecule has 0 N–H and O–H groups in total. The van der Waals surface area contributed by atoms with Crippen LogP contribution in [0.15, 0.2) is 6.33 Å². The minimum Gasteiger partial charge on any atom is -0.272 e. The molecule has 3 rings (SSSR count). The van der Waals surface area contributed by atoms with Crippen LogP contribution < -0.4 is 0 Å². The van der Waals surface area contributed by atoms with Crippen molar-refractivity contribution < 1.29 is 0 Å². The zero-order valence-electron chi connectivity index (χ0n) is 16.5. The van der Waals surface area contributed by atoms with Crippen molar-refractivity contribution in [2.45, 2.75) is 48.0 Å². The number of rotatable bonds is 3. The van der Waals surface area contributed by atoms with E-state index in [1.165, 1.54) is 44.6 Å². The molecule has 132 valence electrons. The van der Waals surface area contributed by atoms with Crippen molar-refractivity contribution in [3.05, 3.63) is 51.4 Å². The molecule has 0 aliphatic heterocycles. The molecule has 0 bridgehead atoms. The molecule has 2 heterocycles. The van der Waals surface area contributed by atoms with Gasteiger partial charge in [0.1, 0.15) is 6.33 Å². The maximum Gasteiger partial charge on any atom is 0.156 e. The van der Waals surface area contributed by atoms with E-state index in [9.17, 15) is 0 Å². The molecule has 0 aliphatic rings. The van der Waals surface area contributed by atoms with E-state index in [0.29, 0.717) is 6.42 Å². The van der Waals surface area contributed by atoms with Crippen molar-refractivity contribution in [3.63, 3.8) is 0 Å². The molecule has 0 unspecified atom stereocenters. The molecular formula is C20H27N5. The Morgan fingerprint density at radius 3 is 1.84 bits per heavy atom. The molecule has 0 spiro atoms.